The molecule has 1 heterocycles. The van der Waals surface area contributed by atoms with Crippen LogP contribution in [-0.4, -0.2) is 51.3 Å². The summed E-state index contributed by atoms with van der Waals surface area (Å²) in [5, 5.41) is 3.36. The molecule has 118 valence electrons. The number of rotatable bonds is 7. The zero-order valence-electron chi connectivity index (χ0n) is 12.7. The van der Waals surface area contributed by atoms with Gasteiger partial charge < -0.3 is 19.7 Å². The van der Waals surface area contributed by atoms with Gasteiger partial charge in [-0.25, -0.2) is 0 Å². The zero-order chi connectivity index (χ0) is 14.2. The first-order chi connectivity index (χ1) is 9.79. The molecule has 2 rings (SSSR count). The van der Waals surface area contributed by atoms with Crippen molar-refractivity contribution in [3.05, 3.63) is 35.4 Å². The predicted octanol–water partition coefficient (Wildman–Crippen LogP) is 1.86. The van der Waals surface area contributed by atoms with Crippen molar-refractivity contribution in [1.29, 1.82) is 0 Å². The van der Waals surface area contributed by atoms with E-state index in [0.29, 0.717) is 19.8 Å². The van der Waals surface area contributed by atoms with Gasteiger partial charge in [0, 0.05) is 27.2 Å². The van der Waals surface area contributed by atoms with Gasteiger partial charge in [0.1, 0.15) is 0 Å². The average Bonchev–Trinajstić information content (AvgIpc) is 2.88. The van der Waals surface area contributed by atoms with Crippen LogP contribution in [0.4, 0.5) is 0 Å². The minimum absolute atomic E-state index is 0. The summed E-state index contributed by atoms with van der Waals surface area (Å²) in [7, 11) is 3.73. The molecule has 5 nitrogen and oxygen atoms in total. The molecule has 1 aromatic carbocycles. The summed E-state index contributed by atoms with van der Waals surface area (Å²) in [4.78, 5) is 6.54. The average molecular weight is 405 g/mol. The molecule has 0 spiro atoms. The Hall–Kier alpha value is -0.860. The molecule has 0 bridgehead atoms. The molecule has 1 aliphatic heterocycles. The molecule has 1 aromatic rings. The van der Waals surface area contributed by atoms with E-state index in [1.54, 1.807) is 7.11 Å². The van der Waals surface area contributed by atoms with Gasteiger partial charge in [-0.1, -0.05) is 24.3 Å². The molecule has 0 fully saturated rings. The lowest BCUT2D eigenvalue weighted by Crippen LogP contribution is -2.35. The number of ether oxygens (including phenoxy) is 2. The third kappa shape index (κ3) is 6.19. The van der Waals surface area contributed by atoms with Gasteiger partial charge in [0.15, 0.2) is 5.96 Å². The quantitative estimate of drug-likeness (QED) is 0.556. The number of halogens is 1. The van der Waals surface area contributed by atoms with Gasteiger partial charge in [-0.15, -0.1) is 24.0 Å². The van der Waals surface area contributed by atoms with Crippen molar-refractivity contribution in [2.75, 3.05) is 40.5 Å². The van der Waals surface area contributed by atoms with Crippen molar-refractivity contribution < 1.29 is 9.47 Å². The normalized spacial score (nSPS) is 13.8. The van der Waals surface area contributed by atoms with Crippen LogP contribution < -0.4 is 5.32 Å². The first-order valence-corrected chi connectivity index (χ1v) is 6.93. The maximum Gasteiger partial charge on any atom is 0.194 e. The van der Waals surface area contributed by atoms with Crippen molar-refractivity contribution in [2.45, 2.75) is 13.2 Å². The third-order valence-electron chi connectivity index (χ3n) is 3.23. The maximum atomic E-state index is 5.49. The highest BCUT2D eigenvalue weighted by molar-refractivity contribution is 14.0. The number of hydrogen-bond acceptors (Lipinski definition) is 5. The Morgan fingerprint density at radius 3 is 2.52 bits per heavy atom. The van der Waals surface area contributed by atoms with E-state index in [0.717, 1.165) is 25.6 Å². The van der Waals surface area contributed by atoms with Crippen LogP contribution in [0.15, 0.2) is 29.3 Å². The fraction of sp³-hybridized carbons (Fsp3) is 0.533. The van der Waals surface area contributed by atoms with Crippen LogP contribution >= 0.6 is 24.0 Å². The van der Waals surface area contributed by atoms with E-state index in [9.17, 15) is 0 Å². The molecule has 0 amide bonds. The Labute approximate surface area is 143 Å². The van der Waals surface area contributed by atoms with Crippen LogP contribution in [0.25, 0.3) is 0 Å². The number of nitrogens with one attached hydrogen (secondary N) is 1. The lowest BCUT2D eigenvalue weighted by Gasteiger charge is -2.15. The van der Waals surface area contributed by atoms with Crippen LogP contribution in [0.3, 0.4) is 0 Å². The molecule has 0 radical (unpaired) electrons. The Bertz CT molecular complexity index is 437. The van der Waals surface area contributed by atoms with Crippen LogP contribution in [0.5, 0.6) is 0 Å². The van der Waals surface area contributed by atoms with Crippen molar-refractivity contribution in [1.82, 2.24) is 10.2 Å². The monoisotopic (exact) mass is 405 g/mol. The van der Waals surface area contributed by atoms with Crippen LogP contribution in [-0.2, 0) is 22.6 Å². The number of hydrogen-bond donors (Lipinski definition) is 1. The molecule has 6 heteroatoms. The molecule has 0 aromatic heterocycles. The highest BCUT2D eigenvalue weighted by atomic mass is 127. The van der Waals surface area contributed by atoms with Crippen molar-refractivity contribution in [3.63, 3.8) is 0 Å². The van der Waals surface area contributed by atoms with Gasteiger partial charge in [-0.2, -0.15) is 0 Å². The summed E-state index contributed by atoms with van der Waals surface area (Å²) in [5.74, 6) is 0.983. The van der Waals surface area contributed by atoms with Crippen molar-refractivity contribution >= 4 is 29.9 Å². The topological polar surface area (TPSA) is 46.1 Å². The molecule has 0 aliphatic carbocycles. The third-order valence-corrected chi connectivity index (χ3v) is 3.23. The summed E-state index contributed by atoms with van der Waals surface area (Å²) >= 11 is 0. The smallest absolute Gasteiger partial charge is 0.194 e. The van der Waals surface area contributed by atoms with Gasteiger partial charge in [0.2, 0.25) is 0 Å². The fourth-order valence-electron chi connectivity index (χ4n) is 1.99. The zero-order valence-corrected chi connectivity index (χ0v) is 15.0. The van der Waals surface area contributed by atoms with E-state index in [-0.39, 0.29) is 24.0 Å². The number of aliphatic imine (C=N–C) groups is 1. The second-order valence-corrected chi connectivity index (χ2v) is 4.84. The molecule has 0 atom stereocenters. The number of nitrogens with zero attached hydrogens (tertiary/aromatic N) is 2. The van der Waals surface area contributed by atoms with Gasteiger partial charge in [0.25, 0.3) is 0 Å². The van der Waals surface area contributed by atoms with E-state index >= 15 is 0 Å². The molecular formula is C15H24IN3O2. The minimum Gasteiger partial charge on any atom is -0.382 e. The summed E-state index contributed by atoms with van der Waals surface area (Å²) in [6.07, 6.45) is 0. The van der Waals surface area contributed by atoms with E-state index in [1.165, 1.54) is 11.1 Å². The van der Waals surface area contributed by atoms with E-state index in [2.05, 4.69) is 46.5 Å². The lowest BCUT2D eigenvalue weighted by atomic mass is 10.1. The number of benzene rings is 1. The first-order valence-electron chi connectivity index (χ1n) is 6.93. The second-order valence-electron chi connectivity index (χ2n) is 4.84. The van der Waals surface area contributed by atoms with E-state index < -0.39 is 0 Å². The van der Waals surface area contributed by atoms with Crippen LogP contribution in [0.1, 0.15) is 11.1 Å². The second kappa shape index (κ2) is 9.97. The lowest BCUT2D eigenvalue weighted by molar-refractivity contribution is 0.0616. The minimum atomic E-state index is 0. The standard InChI is InChI=1S/C15H23N3O2.HI/c1-18-8-7-16-15(18)17-11-13-3-5-14(6-4-13)12-20-10-9-19-2;/h3-6H,7-12H2,1-2H3,(H,16,17);1H. The van der Waals surface area contributed by atoms with E-state index in [4.69, 9.17) is 9.47 Å². The largest absolute Gasteiger partial charge is 0.382 e. The summed E-state index contributed by atoms with van der Waals surface area (Å²) in [5.41, 5.74) is 2.42. The Kier molecular flexibility index (Phi) is 8.63. The maximum absolute atomic E-state index is 5.49. The van der Waals surface area contributed by atoms with Crippen LogP contribution in [0, 0.1) is 0 Å². The molecule has 1 aliphatic rings. The SMILES string of the molecule is COCCOCc1ccc(CNC2=NCCN2C)cc1.I. The molecular weight excluding hydrogens is 381 g/mol. The first kappa shape index (κ1) is 18.2. The molecule has 0 unspecified atom stereocenters. The molecule has 0 saturated carbocycles. The summed E-state index contributed by atoms with van der Waals surface area (Å²) in [6.45, 7) is 4.58. The summed E-state index contributed by atoms with van der Waals surface area (Å²) < 4.78 is 10.4. The Balaban J connectivity index is 0.00000220. The number of guanidine groups is 1. The fourth-order valence-corrected chi connectivity index (χ4v) is 1.99. The molecule has 21 heavy (non-hydrogen) atoms. The highest BCUT2D eigenvalue weighted by Crippen LogP contribution is 2.06. The predicted molar refractivity (Wildman–Crippen MR) is 95.2 cm³/mol. The van der Waals surface area contributed by atoms with Crippen molar-refractivity contribution in [2.24, 2.45) is 4.99 Å². The molecule has 0 saturated heterocycles. The Morgan fingerprint density at radius 1 is 1.19 bits per heavy atom. The summed E-state index contributed by atoms with van der Waals surface area (Å²) in [6, 6.07) is 8.45. The van der Waals surface area contributed by atoms with Gasteiger partial charge in [-0.3, -0.25) is 4.99 Å². The van der Waals surface area contributed by atoms with Gasteiger partial charge in [0.05, 0.1) is 26.4 Å². The van der Waals surface area contributed by atoms with Crippen LogP contribution in [0.2, 0.25) is 0 Å². The Morgan fingerprint density at radius 2 is 1.90 bits per heavy atom. The number of likely N-dealkylation sites (N-methyl/N-ethyl adjacent to an activating group) is 1. The number of methoxy groups -OCH3 is 1. The van der Waals surface area contributed by atoms with Gasteiger partial charge in [-0.05, 0) is 11.1 Å². The van der Waals surface area contributed by atoms with E-state index in [1.807, 2.05) is 0 Å². The van der Waals surface area contributed by atoms with Gasteiger partial charge >= 0.3 is 0 Å². The molecule has 1 N–H and O–H groups in total. The van der Waals surface area contributed by atoms with Crippen molar-refractivity contribution in [3.8, 4) is 0 Å². The highest BCUT2D eigenvalue weighted by Gasteiger charge is 2.10.